The van der Waals surface area contributed by atoms with Crippen LogP contribution in [0.25, 0.3) is 105 Å². The van der Waals surface area contributed by atoms with Gasteiger partial charge in [-0.1, -0.05) is 103 Å². The second kappa shape index (κ2) is 11.3. The lowest BCUT2D eigenvalue weighted by molar-refractivity contribution is 0.668. The third-order valence-corrected chi connectivity index (χ3v) is 10.3. The molecule has 0 radical (unpaired) electrons. The average molecular weight is 679 g/mol. The van der Waals surface area contributed by atoms with E-state index in [1.54, 1.807) is 0 Å². The molecule has 0 amide bonds. The van der Waals surface area contributed by atoms with Crippen molar-refractivity contribution >= 4 is 65.7 Å². The van der Waals surface area contributed by atoms with Crippen LogP contribution in [0.5, 0.6) is 0 Å². The Balaban J connectivity index is 1.10. The molecule has 7 aromatic carbocycles. The molecule has 246 valence electrons. The lowest BCUT2D eigenvalue weighted by Gasteiger charge is -2.12. The third-order valence-electron chi connectivity index (χ3n) is 10.3. The first-order valence-corrected chi connectivity index (χ1v) is 17.5. The van der Waals surface area contributed by atoms with Crippen molar-refractivity contribution in [1.82, 2.24) is 14.5 Å². The van der Waals surface area contributed by atoms with E-state index < -0.39 is 0 Å². The van der Waals surface area contributed by atoms with Gasteiger partial charge in [-0.3, -0.25) is 0 Å². The van der Waals surface area contributed by atoms with Crippen molar-refractivity contribution < 1.29 is 8.83 Å². The van der Waals surface area contributed by atoms with Crippen LogP contribution in [0.4, 0.5) is 0 Å². The molecular formula is C47H26N4O2. The van der Waals surface area contributed by atoms with Crippen molar-refractivity contribution in [3.8, 4) is 45.7 Å². The molecule has 53 heavy (non-hydrogen) atoms. The molecule has 0 aliphatic carbocycles. The number of para-hydroxylation sites is 2. The number of hydrogen-bond acceptors (Lipinski definition) is 5. The zero-order valence-electron chi connectivity index (χ0n) is 28.1. The topological polar surface area (TPSA) is 80.8 Å². The van der Waals surface area contributed by atoms with Gasteiger partial charge in [0.25, 0.3) is 0 Å². The summed E-state index contributed by atoms with van der Waals surface area (Å²) in [4.78, 5) is 9.89. The summed E-state index contributed by atoms with van der Waals surface area (Å²) in [5.74, 6) is 0.555. The van der Waals surface area contributed by atoms with Crippen LogP contribution in [0.15, 0.2) is 167 Å². The van der Waals surface area contributed by atoms with Gasteiger partial charge in [0.1, 0.15) is 34.0 Å². The molecular weight excluding hydrogens is 653 g/mol. The fraction of sp³-hybridized carbons (Fsp3) is 0. The van der Waals surface area contributed by atoms with Gasteiger partial charge in [0.15, 0.2) is 5.82 Å². The first-order chi connectivity index (χ1) is 26.2. The number of fused-ring (bicyclic) bond motifs is 9. The lowest BCUT2D eigenvalue weighted by atomic mass is 9.99. The molecule has 0 saturated heterocycles. The zero-order valence-corrected chi connectivity index (χ0v) is 28.1. The summed E-state index contributed by atoms with van der Waals surface area (Å²) in [7, 11) is 0. The highest BCUT2D eigenvalue weighted by atomic mass is 16.3. The number of nitrogens with zero attached hydrogens (tertiary/aromatic N) is 4. The molecule has 11 rings (SSSR count). The number of hydrogen-bond donors (Lipinski definition) is 0. The normalized spacial score (nSPS) is 11.8. The smallest absolute Gasteiger partial charge is 0.160 e. The molecule has 0 atom stereocenters. The van der Waals surface area contributed by atoms with E-state index in [9.17, 15) is 5.26 Å². The minimum absolute atomic E-state index is 0.415. The Morgan fingerprint density at radius 3 is 1.85 bits per heavy atom. The molecule has 0 aliphatic rings. The van der Waals surface area contributed by atoms with E-state index in [-0.39, 0.29) is 0 Å². The van der Waals surface area contributed by atoms with Crippen LogP contribution >= 0.6 is 0 Å². The van der Waals surface area contributed by atoms with Gasteiger partial charge in [-0.25, -0.2) is 9.97 Å². The molecule has 4 heterocycles. The minimum atomic E-state index is 0.415. The molecule has 6 nitrogen and oxygen atoms in total. The number of aromatic nitrogens is 3. The van der Waals surface area contributed by atoms with Crippen LogP contribution < -0.4 is 0 Å². The molecule has 0 saturated carbocycles. The van der Waals surface area contributed by atoms with E-state index >= 15 is 0 Å². The zero-order chi connectivity index (χ0) is 35.0. The molecule has 6 heteroatoms. The molecule has 0 bridgehead atoms. The molecule has 4 aromatic heterocycles. The van der Waals surface area contributed by atoms with Crippen molar-refractivity contribution in [1.29, 1.82) is 5.26 Å². The van der Waals surface area contributed by atoms with Crippen LogP contribution in [0.1, 0.15) is 5.56 Å². The maximum Gasteiger partial charge on any atom is 0.160 e. The van der Waals surface area contributed by atoms with E-state index in [2.05, 4.69) is 77.4 Å². The van der Waals surface area contributed by atoms with Gasteiger partial charge in [-0.2, -0.15) is 5.26 Å². The molecule has 0 fully saturated rings. The van der Waals surface area contributed by atoms with Crippen molar-refractivity contribution in [3.05, 3.63) is 163 Å². The Kier molecular flexibility index (Phi) is 6.22. The Morgan fingerprint density at radius 1 is 0.434 bits per heavy atom. The second-order valence-electron chi connectivity index (χ2n) is 13.3. The lowest BCUT2D eigenvalue weighted by Crippen LogP contribution is -2.01. The molecule has 0 aliphatic heterocycles. The quantitative estimate of drug-likeness (QED) is 0.185. The summed E-state index contributed by atoms with van der Waals surface area (Å²) in [6, 6.07) is 55.7. The third kappa shape index (κ3) is 4.45. The van der Waals surface area contributed by atoms with Gasteiger partial charge in [0, 0.05) is 60.8 Å². The van der Waals surface area contributed by atoms with Crippen molar-refractivity contribution in [3.63, 3.8) is 0 Å². The standard InChI is InChI=1S/C47H26N4O2/c48-27-38-45(28-11-3-1-4-12-28)49-47(29-13-5-2-6-14-29)50-46(38)30-19-21-34-36-24-31(20-22-42(36)53-43(34)23-30)51-39-17-9-7-15-32(39)35-25-37-33-16-8-10-18-41(33)52-44(37)26-40(35)51/h1-26H. The fourth-order valence-electron chi connectivity index (χ4n) is 7.81. The molecule has 11 aromatic rings. The Hall–Kier alpha value is -7.49. The summed E-state index contributed by atoms with van der Waals surface area (Å²) >= 11 is 0. The molecule has 0 unspecified atom stereocenters. The predicted octanol–water partition coefficient (Wildman–Crippen LogP) is 12.2. The summed E-state index contributed by atoms with van der Waals surface area (Å²) in [6.45, 7) is 0. The monoisotopic (exact) mass is 678 g/mol. The average Bonchev–Trinajstić information content (AvgIpc) is 3.88. The highest BCUT2D eigenvalue weighted by molar-refractivity contribution is 6.17. The highest BCUT2D eigenvalue weighted by Gasteiger charge is 2.21. The number of benzene rings is 7. The minimum Gasteiger partial charge on any atom is -0.456 e. The summed E-state index contributed by atoms with van der Waals surface area (Å²) in [5.41, 5.74) is 10.5. The van der Waals surface area contributed by atoms with Crippen molar-refractivity contribution in [2.75, 3.05) is 0 Å². The highest BCUT2D eigenvalue weighted by Crippen LogP contribution is 2.40. The van der Waals surface area contributed by atoms with Gasteiger partial charge < -0.3 is 13.4 Å². The van der Waals surface area contributed by atoms with E-state index in [0.717, 1.165) is 71.7 Å². The van der Waals surface area contributed by atoms with Crippen LogP contribution in [-0.2, 0) is 0 Å². The van der Waals surface area contributed by atoms with E-state index in [1.807, 2.05) is 91.0 Å². The van der Waals surface area contributed by atoms with Gasteiger partial charge in [0.2, 0.25) is 0 Å². The summed E-state index contributed by atoms with van der Waals surface area (Å²) in [5, 5.41) is 17.1. The van der Waals surface area contributed by atoms with Crippen molar-refractivity contribution in [2.45, 2.75) is 0 Å². The van der Waals surface area contributed by atoms with Crippen LogP contribution in [-0.4, -0.2) is 14.5 Å². The van der Waals surface area contributed by atoms with E-state index in [1.165, 1.54) is 10.8 Å². The maximum atomic E-state index is 10.5. The Bertz CT molecular complexity index is 3290. The second-order valence-corrected chi connectivity index (χ2v) is 13.3. The number of furan rings is 2. The van der Waals surface area contributed by atoms with Crippen molar-refractivity contribution in [2.24, 2.45) is 0 Å². The van der Waals surface area contributed by atoms with Gasteiger partial charge in [-0.05, 0) is 48.5 Å². The predicted molar refractivity (Wildman–Crippen MR) is 212 cm³/mol. The van der Waals surface area contributed by atoms with Gasteiger partial charge in [-0.15, -0.1) is 0 Å². The fourth-order valence-corrected chi connectivity index (χ4v) is 7.81. The largest absolute Gasteiger partial charge is 0.456 e. The van der Waals surface area contributed by atoms with E-state index in [0.29, 0.717) is 28.4 Å². The van der Waals surface area contributed by atoms with E-state index in [4.69, 9.17) is 18.8 Å². The summed E-state index contributed by atoms with van der Waals surface area (Å²) < 4.78 is 15.1. The van der Waals surface area contributed by atoms with Crippen LogP contribution in [0.3, 0.4) is 0 Å². The Morgan fingerprint density at radius 2 is 1.06 bits per heavy atom. The SMILES string of the molecule is N#Cc1c(-c2ccccc2)nc(-c2ccccc2)nc1-c1ccc2c(c1)oc1ccc(-n3c4ccccc4c4cc5c(cc43)oc3ccccc35)cc12. The molecule has 0 N–H and O–H groups in total. The number of rotatable bonds is 4. The van der Waals surface area contributed by atoms with Crippen LogP contribution in [0, 0.1) is 11.3 Å². The molecule has 0 spiro atoms. The Labute approximate surface area is 302 Å². The first kappa shape index (κ1) is 29.3. The number of nitriles is 1. The van der Waals surface area contributed by atoms with Gasteiger partial charge in [0.05, 0.1) is 22.4 Å². The maximum absolute atomic E-state index is 10.5. The first-order valence-electron chi connectivity index (χ1n) is 17.5. The van der Waals surface area contributed by atoms with Crippen LogP contribution in [0.2, 0.25) is 0 Å². The summed E-state index contributed by atoms with van der Waals surface area (Å²) in [6.07, 6.45) is 0. The van der Waals surface area contributed by atoms with Gasteiger partial charge >= 0.3 is 0 Å².